The van der Waals surface area contributed by atoms with Crippen molar-refractivity contribution in [3.05, 3.63) is 60.0 Å². The lowest BCUT2D eigenvalue weighted by molar-refractivity contribution is 1.17. The summed E-state index contributed by atoms with van der Waals surface area (Å²) in [6, 6.07) is 11.8. The molecule has 3 aromatic heterocycles. The fourth-order valence-electron chi connectivity index (χ4n) is 2.28. The molecule has 0 radical (unpaired) electrons. The Kier molecular flexibility index (Phi) is 3.02. The first-order valence-electron chi connectivity index (χ1n) is 6.43. The molecule has 4 nitrogen and oxygen atoms in total. The zero-order valence-corrected chi connectivity index (χ0v) is 12.4. The third-order valence-electron chi connectivity index (χ3n) is 3.30. The van der Waals surface area contributed by atoms with Crippen LogP contribution >= 0.6 is 23.5 Å². The Morgan fingerprint density at radius 3 is 3.14 bits per heavy atom. The van der Waals surface area contributed by atoms with Crippen LogP contribution in [0.2, 0.25) is 5.02 Å². The Balaban J connectivity index is 1.63. The van der Waals surface area contributed by atoms with Gasteiger partial charge in [-0.2, -0.15) is 0 Å². The van der Waals surface area contributed by atoms with Crippen molar-refractivity contribution in [2.75, 3.05) is 4.72 Å². The van der Waals surface area contributed by atoms with Crippen LogP contribution in [-0.2, 0) is 0 Å². The van der Waals surface area contributed by atoms with Gasteiger partial charge in [0, 0.05) is 28.3 Å². The normalized spacial score (nSPS) is 11.3. The number of aromatic nitrogens is 3. The minimum atomic E-state index is 0.730. The SMILES string of the molecule is Clc1ccc2c(SNc3ncc4ccccn34)c[nH]c2c1. The van der Waals surface area contributed by atoms with Gasteiger partial charge in [0.25, 0.3) is 0 Å². The van der Waals surface area contributed by atoms with Crippen LogP contribution in [0.25, 0.3) is 16.4 Å². The van der Waals surface area contributed by atoms with Crippen molar-refractivity contribution in [3.63, 3.8) is 0 Å². The summed E-state index contributed by atoms with van der Waals surface area (Å²) in [5.41, 5.74) is 2.09. The first kappa shape index (κ1) is 12.6. The van der Waals surface area contributed by atoms with Crippen LogP contribution in [0.5, 0.6) is 0 Å². The average Bonchev–Trinajstić information content (AvgIpc) is 3.08. The second kappa shape index (κ2) is 5.02. The van der Waals surface area contributed by atoms with Gasteiger partial charge in [0.1, 0.15) is 0 Å². The largest absolute Gasteiger partial charge is 0.360 e. The maximum Gasteiger partial charge on any atom is 0.217 e. The molecule has 3 heterocycles. The monoisotopic (exact) mass is 314 g/mol. The molecule has 0 aliphatic rings. The van der Waals surface area contributed by atoms with Crippen LogP contribution in [0.4, 0.5) is 5.95 Å². The van der Waals surface area contributed by atoms with E-state index >= 15 is 0 Å². The first-order chi connectivity index (χ1) is 10.3. The smallest absolute Gasteiger partial charge is 0.217 e. The third-order valence-corrected chi connectivity index (χ3v) is 4.37. The Bertz CT molecular complexity index is 928. The van der Waals surface area contributed by atoms with Crippen molar-refractivity contribution in [2.45, 2.75) is 4.90 Å². The van der Waals surface area contributed by atoms with E-state index in [4.69, 9.17) is 11.6 Å². The lowest BCUT2D eigenvalue weighted by atomic mass is 10.2. The third kappa shape index (κ3) is 2.24. The number of H-pyrrole nitrogens is 1. The van der Waals surface area contributed by atoms with Crippen molar-refractivity contribution in [2.24, 2.45) is 0 Å². The standard InChI is InChI=1S/C15H11ClN4S/c16-10-4-5-12-13(7-10)17-9-14(12)21-19-15-18-8-11-3-1-2-6-20(11)15/h1-9,17H,(H,18,19). The number of nitrogens with zero attached hydrogens (tertiary/aromatic N) is 2. The number of imidazole rings is 1. The summed E-state index contributed by atoms with van der Waals surface area (Å²) in [5, 5.41) is 1.87. The molecule has 0 fully saturated rings. The molecule has 0 unspecified atom stereocenters. The number of pyridine rings is 1. The number of hydrogen-bond acceptors (Lipinski definition) is 3. The van der Waals surface area contributed by atoms with Crippen LogP contribution in [-0.4, -0.2) is 14.4 Å². The van der Waals surface area contributed by atoms with Gasteiger partial charge in [-0.15, -0.1) is 0 Å². The molecule has 0 saturated carbocycles. The predicted octanol–water partition coefficient (Wildman–Crippen LogP) is 4.59. The maximum absolute atomic E-state index is 6.00. The lowest BCUT2D eigenvalue weighted by Gasteiger charge is -2.03. The zero-order chi connectivity index (χ0) is 14.2. The fraction of sp³-hybridized carbons (Fsp3) is 0. The molecule has 4 rings (SSSR count). The van der Waals surface area contributed by atoms with Gasteiger partial charge in [-0.05, 0) is 36.2 Å². The number of aromatic amines is 1. The quantitative estimate of drug-likeness (QED) is 0.544. The summed E-state index contributed by atoms with van der Waals surface area (Å²) in [5.74, 6) is 0.805. The topological polar surface area (TPSA) is 45.1 Å². The van der Waals surface area contributed by atoms with Crippen LogP contribution in [0.1, 0.15) is 0 Å². The summed E-state index contributed by atoms with van der Waals surface area (Å²) >= 11 is 7.52. The van der Waals surface area contributed by atoms with E-state index < -0.39 is 0 Å². The molecule has 2 N–H and O–H groups in total. The molecule has 0 aliphatic carbocycles. The van der Waals surface area contributed by atoms with Gasteiger partial charge in [-0.3, -0.25) is 9.12 Å². The van der Waals surface area contributed by atoms with Crippen molar-refractivity contribution in [1.29, 1.82) is 0 Å². The summed E-state index contributed by atoms with van der Waals surface area (Å²) in [6.45, 7) is 0. The Morgan fingerprint density at radius 1 is 1.24 bits per heavy atom. The van der Waals surface area contributed by atoms with E-state index in [-0.39, 0.29) is 0 Å². The summed E-state index contributed by atoms with van der Waals surface area (Å²) in [6.07, 6.45) is 5.80. The maximum atomic E-state index is 6.00. The van der Waals surface area contributed by atoms with E-state index in [1.54, 1.807) is 0 Å². The number of benzene rings is 1. The molecule has 1 aromatic carbocycles. The Morgan fingerprint density at radius 2 is 2.19 bits per heavy atom. The highest BCUT2D eigenvalue weighted by molar-refractivity contribution is 8.00. The highest BCUT2D eigenvalue weighted by Crippen LogP contribution is 2.30. The molecular formula is C15H11ClN4S. The van der Waals surface area contributed by atoms with Crippen LogP contribution in [0.3, 0.4) is 0 Å². The molecule has 0 amide bonds. The molecular weight excluding hydrogens is 304 g/mol. The number of fused-ring (bicyclic) bond motifs is 2. The van der Waals surface area contributed by atoms with Crippen LogP contribution in [0.15, 0.2) is 59.9 Å². The van der Waals surface area contributed by atoms with Crippen molar-refractivity contribution >= 4 is 45.9 Å². The highest BCUT2D eigenvalue weighted by Gasteiger charge is 2.07. The molecule has 0 aliphatic heterocycles. The van der Waals surface area contributed by atoms with Gasteiger partial charge in [-0.25, -0.2) is 4.98 Å². The van der Waals surface area contributed by atoms with Gasteiger partial charge in [0.05, 0.1) is 16.6 Å². The van der Waals surface area contributed by atoms with Crippen molar-refractivity contribution < 1.29 is 0 Å². The van der Waals surface area contributed by atoms with Gasteiger partial charge < -0.3 is 4.98 Å². The van der Waals surface area contributed by atoms with Gasteiger partial charge in [0.15, 0.2) is 0 Å². The second-order valence-corrected chi connectivity index (χ2v) is 5.91. The Hall–Kier alpha value is -2.11. The van der Waals surface area contributed by atoms with E-state index in [2.05, 4.69) is 14.7 Å². The highest BCUT2D eigenvalue weighted by atomic mass is 35.5. The predicted molar refractivity (Wildman–Crippen MR) is 88.0 cm³/mol. The van der Waals surface area contributed by atoms with Gasteiger partial charge in [0.2, 0.25) is 5.95 Å². The Labute approximate surface area is 130 Å². The summed E-state index contributed by atoms with van der Waals surface area (Å²) < 4.78 is 5.30. The molecule has 4 aromatic rings. The minimum Gasteiger partial charge on any atom is -0.360 e. The number of anilines is 1. The molecule has 0 saturated heterocycles. The zero-order valence-electron chi connectivity index (χ0n) is 10.9. The number of halogens is 1. The first-order valence-corrected chi connectivity index (χ1v) is 7.62. The number of nitrogens with one attached hydrogen (secondary N) is 2. The van der Waals surface area contributed by atoms with Crippen LogP contribution in [0, 0.1) is 0 Å². The molecule has 6 heteroatoms. The van der Waals surface area contributed by atoms with Crippen molar-refractivity contribution in [3.8, 4) is 0 Å². The van der Waals surface area contributed by atoms with E-state index in [0.717, 1.165) is 32.3 Å². The van der Waals surface area contributed by atoms with Gasteiger partial charge in [-0.1, -0.05) is 23.7 Å². The average molecular weight is 315 g/mol. The van der Waals surface area contributed by atoms with E-state index in [1.165, 1.54) is 11.9 Å². The molecule has 104 valence electrons. The number of hydrogen-bond donors (Lipinski definition) is 2. The van der Waals surface area contributed by atoms with Gasteiger partial charge >= 0.3 is 0 Å². The van der Waals surface area contributed by atoms with Crippen molar-refractivity contribution in [1.82, 2.24) is 14.4 Å². The molecule has 0 bridgehead atoms. The molecule has 0 atom stereocenters. The van der Waals surface area contributed by atoms with E-state index in [0.29, 0.717) is 0 Å². The molecule has 0 spiro atoms. The summed E-state index contributed by atoms with van der Waals surface area (Å²) in [4.78, 5) is 8.72. The van der Waals surface area contributed by atoms with Crippen LogP contribution < -0.4 is 4.72 Å². The molecule has 21 heavy (non-hydrogen) atoms. The lowest BCUT2D eigenvalue weighted by Crippen LogP contribution is -1.93. The second-order valence-electron chi connectivity index (χ2n) is 4.62. The fourth-order valence-corrected chi connectivity index (χ4v) is 3.21. The van der Waals surface area contributed by atoms with E-state index in [1.807, 2.05) is 59.4 Å². The summed E-state index contributed by atoms with van der Waals surface area (Å²) in [7, 11) is 0. The number of rotatable bonds is 3. The minimum absolute atomic E-state index is 0.730. The van der Waals surface area contributed by atoms with E-state index in [9.17, 15) is 0 Å².